The number of ether oxygens (including phenoxy) is 1. The lowest BCUT2D eigenvalue weighted by Crippen LogP contribution is -2.41. The fourth-order valence-corrected chi connectivity index (χ4v) is 2.19. The molecule has 1 rings (SSSR count). The van der Waals surface area contributed by atoms with Crippen molar-refractivity contribution in [2.75, 3.05) is 0 Å². The molecule has 0 radical (unpaired) electrons. The zero-order valence-electron chi connectivity index (χ0n) is 13.4. The Kier molecular flexibility index (Phi) is 7.23. The molecule has 0 saturated heterocycles. The Bertz CT molecular complexity index is 447. The molecule has 0 saturated carbocycles. The number of hydrogen-bond acceptors (Lipinski definition) is 3. The highest BCUT2D eigenvalue weighted by molar-refractivity contribution is 5.81. The van der Waals surface area contributed by atoms with Crippen molar-refractivity contribution in [2.24, 2.45) is 0 Å². The Labute approximate surface area is 127 Å². The van der Waals surface area contributed by atoms with Crippen LogP contribution in [-0.2, 0) is 4.79 Å². The molecular formula is C17H27NO3. The molecule has 1 aromatic rings. The summed E-state index contributed by atoms with van der Waals surface area (Å²) >= 11 is 0. The molecule has 4 heteroatoms. The Morgan fingerprint density at radius 1 is 1.29 bits per heavy atom. The molecule has 0 aliphatic carbocycles. The van der Waals surface area contributed by atoms with E-state index in [2.05, 4.69) is 12.2 Å². The molecule has 0 aliphatic rings. The summed E-state index contributed by atoms with van der Waals surface area (Å²) in [6.07, 6.45) is 1.42. The molecule has 21 heavy (non-hydrogen) atoms. The number of amides is 1. The molecule has 4 nitrogen and oxygen atoms in total. The number of aliphatic hydroxyl groups is 1. The Morgan fingerprint density at radius 2 is 1.95 bits per heavy atom. The van der Waals surface area contributed by atoms with Gasteiger partial charge in [0.15, 0.2) is 6.10 Å². The second kappa shape index (κ2) is 8.67. The van der Waals surface area contributed by atoms with Gasteiger partial charge in [-0.3, -0.25) is 4.79 Å². The van der Waals surface area contributed by atoms with Crippen molar-refractivity contribution in [3.8, 4) is 5.75 Å². The SMILES string of the molecule is CCCC(C)NC(=O)C(C)Oc1ccccc1[C@H](O)CC. The first-order valence-electron chi connectivity index (χ1n) is 7.73. The molecule has 0 fully saturated rings. The van der Waals surface area contributed by atoms with Crippen LogP contribution < -0.4 is 10.1 Å². The van der Waals surface area contributed by atoms with Gasteiger partial charge in [0.1, 0.15) is 5.75 Å². The zero-order valence-corrected chi connectivity index (χ0v) is 13.4. The highest BCUT2D eigenvalue weighted by atomic mass is 16.5. The summed E-state index contributed by atoms with van der Waals surface area (Å²) in [5, 5.41) is 12.9. The zero-order chi connectivity index (χ0) is 15.8. The highest BCUT2D eigenvalue weighted by Crippen LogP contribution is 2.27. The standard InChI is InChI=1S/C17H27NO3/c1-5-9-12(3)18-17(20)13(4)21-16-11-8-7-10-14(16)15(19)6-2/h7-8,10-13,15,19H,5-6,9H2,1-4H3,(H,18,20)/t12?,13?,15-/m1/s1. The summed E-state index contributed by atoms with van der Waals surface area (Å²) in [5.41, 5.74) is 0.723. The van der Waals surface area contributed by atoms with E-state index in [0.29, 0.717) is 12.2 Å². The fraction of sp³-hybridized carbons (Fsp3) is 0.588. The minimum absolute atomic E-state index is 0.128. The van der Waals surface area contributed by atoms with Crippen molar-refractivity contribution in [1.82, 2.24) is 5.32 Å². The van der Waals surface area contributed by atoms with Gasteiger partial charge in [0, 0.05) is 11.6 Å². The maximum Gasteiger partial charge on any atom is 0.260 e. The summed E-state index contributed by atoms with van der Waals surface area (Å²) < 4.78 is 5.74. The molecule has 1 aromatic carbocycles. The van der Waals surface area contributed by atoms with Crippen LogP contribution in [0.15, 0.2) is 24.3 Å². The molecule has 2 N–H and O–H groups in total. The van der Waals surface area contributed by atoms with E-state index >= 15 is 0 Å². The van der Waals surface area contributed by atoms with Crippen molar-refractivity contribution in [3.05, 3.63) is 29.8 Å². The van der Waals surface area contributed by atoms with E-state index < -0.39 is 12.2 Å². The van der Waals surface area contributed by atoms with Gasteiger partial charge in [-0.2, -0.15) is 0 Å². The van der Waals surface area contributed by atoms with Crippen LogP contribution in [0.5, 0.6) is 5.75 Å². The van der Waals surface area contributed by atoms with Gasteiger partial charge in [0.05, 0.1) is 6.10 Å². The molecule has 1 amide bonds. The monoisotopic (exact) mass is 293 g/mol. The third-order valence-corrected chi connectivity index (χ3v) is 3.45. The smallest absolute Gasteiger partial charge is 0.260 e. The molecule has 0 spiro atoms. The number of hydrogen-bond donors (Lipinski definition) is 2. The predicted octanol–water partition coefficient (Wildman–Crippen LogP) is 3.20. The van der Waals surface area contributed by atoms with E-state index in [1.165, 1.54) is 0 Å². The summed E-state index contributed by atoms with van der Waals surface area (Å²) in [6.45, 7) is 7.71. The summed E-state index contributed by atoms with van der Waals surface area (Å²) in [7, 11) is 0. The van der Waals surface area contributed by atoms with Crippen molar-refractivity contribution in [2.45, 2.75) is 65.2 Å². The van der Waals surface area contributed by atoms with E-state index in [-0.39, 0.29) is 11.9 Å². The third-order valence-electron chi connectivity index (χ3n) is 3.45. The molecule has 2 unspecified atom stereocenters. The van der Waals surface area contributed by atoms with E-state index in [4.69, 9.17) is 4.74 Å². The average molecular weight is 293 g/mol. The van der Waals surface area contributed by atoms with Crippen molar-refractivity contribution in [3.63, 3.8) is 0 Å². The van der Waals surface area contributed by atoms with Crippen LogP contribution in [0.2, 0.25) is 0 Å². The maximum absolute atomic E-state index is 12.1. The first-order chi connectivity index (χ1) is 9.99. The lowest BCUT2D eigenvalue weighted by atomic mass is 10.1. The van der Waals surface area contributed by atoms with E-state index in [1.54, 1.807) is 13.0 Å². The van der Waals surface area contributed by atoms with Crippen LogP contribution >= 0.6 is 0 Å². The quantitative estimate of drug-likeness (QED) is 0.774. The Hall–Kier alpha value is -1.55. The number of carbonyl (C=O) groups is 1. The minimum Gasteiger partial charge on any atom is -0.481 e. The summed E-state index contributed by atoms with van der Waals surface area (Å²) in [4.78, 5) is 12.1. The van der Waals surface area contributed by atoms with Crippen molar-refractivity contribution < 1.29 is 14.6 Å². The van der Waals surface area contributed by atoms with E-state index in [9.17, 15) is 9.90 Å². The van der Waals surface area contributed by atoms with E-state index in [0.717, 1.165) is 18.4 Å². The second-order valence-electron chi connectivity index (χ2n) is 5.42. The lowest BCUT2D eigenvalue weighted by Gasteiger charge is -2.21. The van der Waals surface area contributed by atoms with Gasteiger partial charge in [0.2, 0.25) is 0 Å². The van der Waals surface area contributed by atoms with Crippen LogP contribution in [0.25, 0.3) is 0 Å². The van der Waals surface area contributed by atoms with Crippen LogP contribution in [-0.4, -0.2) is 23.2 Å². The van der Waals surface area contributed by atoms with Crippen molar-refractivity contribution >= 4 is 5.91 Å². The van der Waals surface area contributed by atoms with Crippen LogP contribution in [0.4, 0.5) is 0 Å². The number of para-hydroxylation sites is 1. The molecular weight excluding hydrogens is 266 g/mol. The average Bonchev–Trinajstić information content (AvgIpc) is 2.47. The maximum atomic E-state index is 12.1. The molecule has 0 bridgehead atoms. The van der Waals surface area contributed by atoms with Crippen LogP contribution in [0.3, 0.4) is 0 Å². The number of carbonyl (C=O) groups excluding carboxylic acids is 1. The van der Waals surface area contributed by atoms with Crippen LogP contribution in [0.1, 0.15) is 58.6 Å². The largest absolute Gasteiger partial charge is 0.481 e. The van der Waals surface area contributed by atoms with Gasteiger partial charge in [-0.15, -0.1) is 0 Å². The summed E-state index contributed by atoms with van der Waals surface area (Å²) in [5.74, 6) is 0.439. The molecule has 118 valence electrons. The molecule has 0 heterocycles. The Morgan fingerprint density at radius 3 is 2.57 bits per heavy atom. The molecule has 3 atom stereocenters. The number of nitrogens with one attached hydrogen (secondary N) is 1. The van der Waals surface area contributed by atoms with Gasteiger partial charge in [0.25, 0.3) is 5.91 Å². The highest BCUT2D eigenvalue weighted by Gasteiger charge is 2.19. The van der Waals surface area contributed by atoms with Crippen molar-refractivity contribution in [1.29, 1.82) is 0 Å². The number of benzene rings is 1. The second-order valence-corrected chi connectivity index (χ2v) is 5.42. The van der Waals surface area contributed by atoms with Gasteiger partial charge in [-0.25, -0.2) is 0 Å². The van der Waals surface area contributed by atoms with Gasteiger partial charge in [-0.1, -0.05) is 38.5 Å². The first-order valence-corrected chi connectivity index (χ1v) is 7.73. The molecule has 0 aliphatic heterocycles. The topological polar surface area (TPSA) is 58.6 Å². The predicted molar refractivity (Wildman–Crippen MR) is 84.3 cm³/mol. The van der Waals surface area contributed by atoms with Gasteiger partial charge in [-0.05, 0) is 32.8 Å². The van der Waals surface area contributed by atoms with E-state index in [1.807, 2.05) is 32.0 Å². The lowest BCUT2D eigenvalue weighted by molar-refractivity contribution is -0.128. The van der Waals surface area contributed by atoms with Gasteiger partial charge >= 0.3 is 0 Å². The molecule has 0 aromatic heterocycles. The number of rotatable bonds is 8. The Balaban J connectivity index is 2.70. The minimum atomic E-state index is -0.588. The summed E-state index contributed by atoms with van der Waals surface area (Å²) in [6, 6.07) is 7.45. The normalized spacial score (nSPS) is 15.1. The van der Waals surface area contributed by atoms with Gasteiger partial charge < -0.3 is 15.2 Å². The van der Waals surface area contributed by atoms with Crippen LogP contribution in [0, 0.1) is 0 Å². The fourth-order valence-electron chi connectivity index (χ4n) is 2.19. The third kappa shape index (κ3) is 5.38. The first kappa shape index (κ1) is 17.5. The number of aliphatic hydroxyl groups excluding tert-OH is 1.